The number of amides is 1. The molecule has 1 amide bonds. The number of carbonyl (C=O) groups excluding carboxylic acids is 1. The van der Waals surface area contributed by atoms with Gasteiger partial charge in [-0.2, -0.15) is 0 Å². The second-order valence-electron chi connectivity index (χ2n) is 4.25. The third kappa shape index (κ3) is 4.13. The van der Waals surface area contributed by atoms with E-state index in [1.807, 2.05) is 31.2 Å². The Labute approximate surface area is 112 Å². The highest BCUT2D eigenvalue weighted by Gasteiger charge is 2.20. The zero-order chi connectivity index (χ0) is 13.5. The largest absolute Gasteiger partial charge is 0.486 e. The first-order valence-electron chi connectivity index (χ1n) is 6.52. The third-order valence-corrected chi connectivity index (χ3v) is 2.77. The number of nitrogens with one attached hydrogen (secondary N) is 1. The molecule has 19 heavy (non-hydrogen) atoms. The molecule has 5 heteroatoms. The Kier molecular flexibility index (Phi) is 5.03. The van der Waals surface area contributed by atoms with E-state index in [1.165, 1.54) is 0 Å². The van der Waals surface area contributed by atoms with Gasteiger partial charge in [-0.25, -0.2) is 0 Å². The first kappa shape index (κ1) is 13.7. The summed E-state index contributed by atoms with van der Waals surface area (Å²) in [5.41, 5.74) is 0. The minimum absolute atomic E-state index is 0.0316. The van der Waals surface area contributed by atoms with E-state index < -0.39 is 0 Å². The van der Waals surface area contributed by atoms with Gasteiger partial charge in [-0.15, -0.1) is 0 Å². The molecule has 0 radical (unpaired) electrons. The lowest BCUT2D eigenvalue weighted by atomic mass is 10.2. The van der Waals surface area contributed by atoms with Gasteiger partial charge in [-0.3, -0.25) is 4.79 Å². The predicted molar refractivity (Wildman–Crippen MR) is 70.5 cm³/mol. The van der Waals surface area contributed by atoms with Crippen molar-refractivity contribution in [2.24, 2.45) is 0 Å². The summed E-state index contributed by atoms with van der Waals surface area (Å²) in [5, 5.41) is 2.82. The van der Waals surface area contributed by atoms with Crippen LogP contribution in [0.3, 0.4) is 0 Å². The van der Waals surface area contributed by atoms with Crippen molar-refractivity contribution in [2.75, 3.05) is 26.4 Å². The fourth-order valence-electron chi connectivity index (χ4n) is 1.79. The molecule has 1 heterocycles. The van der Waals surface area contributed by atoms with Crippen molar-refractivity contribution in [1.82, 2.24) is 5.32 Å². The molecule has 0 spiro atoms. The Morgan fingerprint density at radius 3 is 3.00 bits per heavy atom. The van der Waals surface area contributed by atoms with Crippen molar-refractivity contribution < 1.29 is 19.0 Å². The van der Waals surface area contributed by atoms with E-state index in [9.17, 15) is 4.79 Å². The van der Waals surface area contributed by atoms with Gasteiger partial charge in [-0.05, 0) is 19.1 Å². The Bertz CT molecular complexity index is 422. The topological polar surface area (TPSA) is 56.8 Å². The van der Waals surface area contributed by atoms with Gasteiger partial charge in [-0.1, -0.05) is 12.1 Å². The van der Waals surface area contributed by atoms with Gasteiger partial charge in [0.15, 0.2) is 11.5 Å². The monoisotopic (exact) mass is 265 g/mol. The summed E-state index contributed by atoms with van der Waals surface area (Å²) in [5.74, 6) is 1.44. The number of ether oxygens (including phenoxy) is 3. The smallest absolute Gasteiger partial charge is 0.222 e. The SMILES string of the molecule is CCOCCC(=O)NC[C@@H]1COc2ccccc2O1. The van der Waals surface area contributed by atoms with Crippen LogP contribution in [0.1, 0.15) is 13.3 Å². The molecule has 0 aliphatic carbocycles. The van der Waals surface area contributed by atoms with Gasteiger partial charge in [0.25, 0.3) is 0 Å². The molecule has 0 saturated heterocycles. The van der Waals surface area contributed by atoms with Gasteiger partial charge in [0.2, 0.25) is 5.91 Å². The molecule has 1 atom stereocenters. The Balaban J connectivity index is 1.72. The van der Waals surface area contributed by atoms with Crippen LogP contribution in [0.5, 0.6) is 11.5 Å². The van der Waals surface area contributed by atoms with Crippen molar-refractivity contribution in [3.05, 3.63) is 24.3 Å². The van der Waals surface area contributed by atoms with E-state index in [1.54, 1.807) is 0 Å². The highest BCUT2D eigenvalue weighted by atomic mass is 16.6. The molecule has 5 nitrogen and oxygen atoms in total. The average molecular weight is 265 g/mol. The molecule has 1 aliphatic rings. The van der Waals surface area contributed by atoms with E-state index in [0.717, 1.165) is 11.5 Å². The van der Waals surface area contributed by atoms with Crippen molar-refractivity contribution in [1.29, 1.82) is 0 Å². The molecule has 1 aliphatic heterocycles. The van der Waals surface area contributed by atoms with Gasteiger partial charge in [0.05, 0.1) is 13.2 Å². The molecular formula is C14H19NO4. The number of rotatable bonds is 6. The lowest BCUT2D eigenvalue weighted by Gasteiger charge is -2.26. The van der Waals surface area contributed by atoms with Gasteiger partial charge >= 0.3 is 0 Å². The maximum atomic E-state index is 11.5. The Morgan fingerprint density at radius 2 is 2.21 bits per heavy atom. The first-order valence-corrected chi connectivity index (χ1v) is 6.52. The maximum absolute atomic E-state index is 11.5. The van der Waals surface area contributed by atoms with Crippen molar-refractivity contribution in [3.63, 3.8) is 0 Å². The van der Waals surface area contributed by atoms with Crippen LogP contribution in [-0.4, -0.2) is 38.4 Å². The quantitative estimate of drug-likeness (QED) is 0.789. The summed E-state index contributed by atoms with van der Waals surface area (Å²) in [4.78, 5) is 11.5. The van der Waals surface area contributed by atoms with Crippen molar-refractivity contribution in [2.45, 2.75) is 19.4 Å². The third-order valence-electron chi connectivity index (χ3n) is 2.77. The number of fused-ring (bicyclic) bond motifs is 1. The second kappa shape index (κ2) is 6.99. The fraction of sp³-hybridized carbons (Fsp3) is 0.500. The minimum Gasteiger partial charge on any atom is -0.486 e. The average Bonchev–Trinajstić information content (AvgIpc) is 2.45. The highest BCUT2D eigenvalue weighted by molar-refractivity contribution is 5.75. The van der Waals surface area contributed by atoms with Crippen LogP contribution < -0.4 is 14.8 Å². The predicted octanol–water partition coefficient (Wildman–Crippen LogP) is 1.37. The summed E-state index contributed by atoms with van der Waals surface area (Å²) in [6, 6.07) is 7.52. The molecule has 1 aromatic carbocycles. The molecule has 2 rings (SSSR count). The van der Waals surface area contributed by atoms with Crippen molar-refractivity contribution in [3.8, 4) is 11.5 Å². The highest BCUT2D eigenvalue weighted by Crippen LogP contribution is 2.30. The van der Waals surface area contributed by atoms with E-state index in [0.29, 0.717) is 32.8 Å². The molecule has 0 unspecified atom stereocenters. The van der Waals surface area contributed by atoms with E-state index in [4.69, 9.17) is 14.2 Å². The van der Waals surface area contributed by atoms with Crippen LogP contribution in [0.25, 0.3) is 0 Å². The number of hydrogen-bond acceptors (Lipinski definition) is 4. The molecule has 0 fully saturated rings. The zero-order valence-electron chi connectivity index (χ0n) is 11.1. The molecule has 104 valence electrons. The van der Waals surface area contributed by atoms with E-state index in [2.05, 4.69) is 5.32 Å². The number of benzene rings is 1. The maximum Gasteiger partial charge on any atom is 0.222 e. The van der Waals surface area contributed by atoms with Crippen LogP contribution in [0.15, 0.2) is 24.3 Å². The number of carbonyl (C=O) groups is 1. The van der Waals surface area contributed by atoms with Crippen LogP contribution in [0.4, 0.5) is 0 Å². The van der Waals surface area contributed by atoms with Crippen LogP contribution in [0.2, 0.25) is 0 Å². The molecule has 1 aromatic rings. The van der Waals surface area contributed by atoms with Gasteiger partial charge < -0.3 is 19.5 Å². The first-order chi connectivity index (χ1) is 9.29. The Hall–Kier alpha value is -1.75. The van der Waals surface area contributed by atoms with Crippen LogP contribution >= 0.6 is 0 Å². The standard InChI is InChI=1S/C14H19NO4/c1-2-17-8-7-14(16)15-9-11-10-18-12-5-3-4-6-13(12)19-11/h3-6,11H,2,7-10H2,1H3,(H,15,16)/t11-/m1/s1. The summed E-state index contributed by atoms with van der Waals surface area (Å²) in [7, 11) is 0. The normalized spacial score (nSPS) is 17.0. The zero-order valence-corrected chi connectivity index (χ0v) is 11.1. The summed E-state index contributed by atoms with van der Waals surface area (Å²) < 4.78 is 16.4. The fourth-order valence-corrected chi connectivity index (χ4v) is 1.79. The molecule has 0 aromatic heterocycles. The van der Waals surface area contributed by atoms with Crippen LogP contribution in [-0.2, 0) is 9.53 Å². The molecular weight excluding hydrogens is 246 g/mol. The lowest BCUT2D eigenvalue weighted by molar-refractivity contribution is -0.122. The second-order valence-corrected chi connectivity index (χ2v) is 4.25. The van der Waals surface area contributed by atoms with E-state index >= 15 is 0 Å². The van der Waals surface area contributed by atoms with E-state index in [-0.39, 0.29) is 12.0 Å². The number of hydrogen-bond donors (Lipinski definition) is 1. The van der Waals surface area contributed by atoms with Gasteiger partial charge in [0.1, 0.15) is 12.7 Å². The summed E-state index contributed by atoms with van der Waals surface area (Å²) in [6.07, 6.45) is 0.226. The molecule has 0 bridgehead atoms. The van der Waals surface area contributed by atoms with Gasteiger partial charge in [0, 0.05) is 13.0 Å². The summed E-state index contributed by atoms with van der Waals surface area (Å²) >= 11 is 0. The Morgan fingerprint density at radius 1 is 1.42 bits per heavy atom. The van der Waals surface area contributed by atoms with Crippen molar-refractivity contribution >= 4 is 5.91 Å². The minimum atomic E-state index is -0.147. The lowest BCUT2D eigenvalue weighted by Crippen LogP contribution is -2.40. The summed E-state index contributed by atoms with van der Waals surface area (Å²) in [6.45, 7) is 3.88. The number of para-hydroxylation sites is 2. The molecule has 0 saturated carbocycles. The van der Waals surface area contributed by atoms with Crippen LogP contribution in [0, 0.1) is 0 Å². The molecule has 1 N–H and O–H groups in total.